The normalized spacial score (nSPS) is 12.9. The Balaban J connectivity index is 2.77. The van der Waals surface area contributed by atoms with Crippen molar-refractivity contribution in [3.05, 3.63) is 24.3 Å². The second kappa shape index (κ2) is 7.99. The number of ether oxygens (including phenoxy) is 1. The molecule has 0 aliphatic rings. The molecule has 3 N–H and O–H groups in total. The van der Waals surface area contributed by atoms with Gasteiger partial charge in [-0.2, -0.15) is 4.72 Å². The van der Waals surface area contributed by atoms with Gasteiger partial charge in [0.1, 0.15) is 11.8 Å². The highest BCUT2D eigenvalue weighted by Crippen LogP contribution is 2.16. The molecule has 1 atom stereocenters. The van der Waals surface area contributed by atoms with Crippen LogP contribution in [-0.4, -0.2) is 27.0 Å². The van der Waals surface area contributed by atoms with Gasteiger partial charge in [-0.05, 0) is 37.1 Å². The summed E-state index contributed by atoms with van der Waals surface area (Å²) in [5.74, 6) is -0.0788. The lowest BCUT2D eigenvalue weighted by Crippen LogP contribution is -2.43. The molecule has 0 spiro atoms. The summed E-state index contributed by atoms with van der Waals surface area (Å²) < 4.78 is 32.0. The third kappa shape index (κ3) is 5.35. The maximum absolute atomic E-state index is 12.1. The van der Waals surface area contributed by atoms with Crippen molar-refractivity contribution in [2.24, 2.45) is 5.73 Å². The highest BCUT2D eigenvalue weighted by molar-refractivity contribution is 7.89. The standard InChI is InChI=1S/C14H22N2O4S/c1-3-5-10-20-11-6-8-12(9-7-11)21(18,19)16-13(4-2)14(15)17/h6-9,13,16H,3-5,10H2,1-2H3,(H2,15,17)/t13-/m0/s1. The summed E-state index contributed by atoms with van der Waals surface area (Å²) in [6.07, 6.45) is 2.27. The zero-order valence-electron chi connectivity index (χ0n) is 12.3. The van der Waals surface area contributed by atoms with E-state index in [1.807, 2.05) is 0 Å². The molecule has 1 rings (SSSR count). The first kappa shape index (κ1) is 17.5. The molecule has 0 aromatic heterocycles. The molecule has 21 heavy (non-hydrogen) atoms. The van der Waals surface area contributed by atoms with Crippen LogP contribution < -0.4 is 15.2 Å². The van der Waals surface area contributed by atoms with Crippen LogP contribution >= 0.6 is 0 Å². The van der Waals surface area contributed by atoms with Crippen molar-refractivity contribution in [1.29, 1.82) is 0 Å². The summed E-state index contributed by atoms with van der Waals surface area (Å²) >= 11 is 0. The topological polar surface area (TPSA) is 98.5 Å². The van der Waals surface area contributed by atoms with Crippen LogP contribution in [0, 0.1) is 0 Å². The number of amides is 1. The molecule has 118 valence electrons. The average molecular weight is 314 g/mol. The monoisotopic (exact) mass is 314 g/mol. The number of hydrogen-bond donors (Lipinski definition) is 2. The first-order chi connectivity index (χ1) is 9.90. The smallest absolute Gasteiger partial charge is 0.241 e. The molecule has 0 radical (unpaired) electrons. The van der Waals surface area contributed by atoms with Gasteiger partial charge in [0.15, 0.2) is 0 Å². The van der Waals surface area contributed by atoms with Crippen LogP contribution in [0.5, 0.6) is 5.75 Å². The van der Waals surface area contributed by atoms with Crippen LogP contribution in [0.3, 0.4) is 0 Å². The molecule has 0 aliphatic carbocycles. The fourth-order valence-electron chi connectivity index (χ4n) is 1.65. The summed E-state index contributed by atoms with van der Waals surface area (Å²) in [5, 5.41) is 0. The number of carbonyl (C=O) groups excluding carboxylic acids is 1. The Morgan fingerprint density at radius 3 is 2.38 bits per heavy atom. The minimum atomic E-state index is -3.76. The number of benzene rings is 1. The Hall–Kier alpha value is -1.60. The van der Waals surface area contributed by atoms with E-state index in [2.05, 4.69) is 11.6 Å². The lowest BCUT2D eigenvalue weighted by molar-refractivity contribution is -0.119. The van der Waals surface area contributed by atoms with Crippen molar-refractivity contribution >= 4 is 15.9 Å². The Labute approximate surface area is 125 Å². The van der Waals surface area contributed by atoms with Crippen molar-refractivity contribution in [3.8, 4) is 5.75 Å². The summed E-state index contributed by atoms with van der Waals surface area (Å²) in [7, 11) is -3.76. The molecule has 0 saturated heterocycles. The van der Waals surface area contributed by atoms with E-state index in [0.29, 0.717) is 18.8 Å². The van der Waals surface area contributed by atoms with Gasteiger partial charge in [0.25, 0.3) is 0 Å². The number of primary amides is 1. The summed E-state index contributed by atoms with van der Waals surface area (Å²) in [4.78, 5) is 11.2. The maximum atomic E-state index is 12.1. The second-order valence-electron chi connectivity index (χ2n) is 4.66. The Bertz CT molecular complexity index is 555. The van der Waals surface area contributed by atoms with Crippen molar-refractivity contribution in [2.75, 3.05) is 6.61 Å². The fourth-order valence-corrected chi connectivity index (χ4v) is 2.94. The second-order valence-corrected chi connectivity index (χ2v) is 6.37. The predicted octanol–water partition coefficient (Wildman–Crippen LogP) is 1.41. The van der Waals surface area contributed by atoms with Crippen LogP contribution in [0.4, 0.5) is 0 Å². The molecule has 0 bridgehead atoms. The molecule has 0 aliphatic heterocycles. The maximum Gasteiger partial charge on any atom is 0.241 e. The van der Waals surface area contributed by atoms with E-state index in [1.54, 1.807) is 19.1 Å². The third-order valence-corrected chi connectivity index (χ3v) is 4.44. The average Bonchev–Trinajstić information content (AvgIpc) is 2.45. The Kier molecular flexibility index (Phi) is 6.64. The van der Waals surface area contributed by atoms with Crippen molar-refractivity contribution in [1.82, 2.24) is 4.72 Å². The van der Waals surface area contributed by atoms with Gasteiger partial charge >= 0.3 is 0 Å². The number of carbonyl (C=O) groups is 1. The van der Waals surface area contributed by atoms with Gasteiger partial charge < -0.3 is 10.5 Å². The predicted molar refractivity (Wildman–Crippen MR) is 80.4 cm³/mol. The largest absolute Gasteiger partial charge is 0.494 e. The first-order valence-corrected chi connectivity index (χ1v) is 8.43. The van der Waals surface area contributed by atoms with Gasteiger partial charge in [-0.3, -0.25) is 4.79 Å². The minimum absolute atomic E-state index is 0.0741. The zero-order valence-corrected chi connectivity index (χ0v) is 13.2. The molecule has 0 saturated carbocycles. The zero-order chi connectivity index (χ0) is 15.9. The van der Waals surface area contributed by atoms with Crippen LogP contribution in [0.25, 0.3) is 0 Å². The highest BCUT2D eigenvalue weighted by atomic mass is 32.2. The number of nitrogens with one attached hydrogen (secondary N) is 1. The van der Waals surface area contributed by atoms with Gasteiger partial charge in [-0.15, -0.1) is 0 Å². The number of hydrogen-bond acceptors (Lipinski definition) is 4. The molecular formula is C14H22N2O4S. The van der Waals surface area contributed by atoms with E-state index in [9.17, 15) is 13.2 Å². The van der Waals surface area contributed by atoms with Crippen LogP contribution in [-0.2, 0) is 14.8 Å². The number of sulfonamides is 1. The Morgan fingerprint density at radius 1 is 1.29 bits per heavy atom. The lowest BCUT2D eigenvalue weighted by atomic mass is 10.2. The van der Waals surface area contributed by atoms with Crippen LogP contribution in [0.15, 0.2) is 29.2 Å². The van der Waals surface area contributed by atoms with E-state index in [1.165, 1.54) is 12.1 Å². The number of unbranched alkanes of at least 4 members (excludes halogenated alkanes) is 1. The van der Waals surface area contributed by atoms with E-state index in [4.69, 9.17) is 10.5 Å². The third-order valence-electron chi connectivity index (χ3n) is 2.95. The van der Waals surface area contributed by atoms with Gasteiger partial charge in [-0.25, -0.2) is 8.42 Å². The quantitative estimate of drug-likeness (QED) is 0.673. The van der Waals surface area contributed by atoms with Crippen LogP contribution in [0.1, 0.15) is 33.1 Å². The van der Waals surface area contributed by atoms with E-state index >= 15 is 0 Å². The van der Waals surface area contributed by atoms with Crippen molar-refractivity contribution in [3.63, 3.8) is 0 Å². The minimum Gasteiger partial charge on any atom is -0.494 e. The molecule has 6 nitrogen and oxygen atoms in total. The summed E-state index contributed by atoms with van der Waals surface area (Å²) in [6, 6.07) is 5.16. The van der Waals surface area contributed by atoms with Crippen LogP contribution in [0.2, 0.25) is 0 Å². The van der Waals surface area contributed by atoms with Gasteiger partial charge in [0.05, 0.1) is 11.5 Å². The van der Waals surface area contributed by atoms with E-state index in [-0.39, 0.29) is 4.90 Å². The summed E-state index contributed by atoms with van der Waals surface area (Å²) in [5.41, 5.74) is 5.14. The van der Waals surface area contributed by atoms with Crippen molar-refractivity contribution in [2.45, 2.75) is 44.0 Å². The summed E-state index contributed by atoms with van der Waals surface area (Å²) in [6.45, 7) is 4.34. The number of rotatable bonds is 9. The number of nitrogens with two attached hydrogens (primary N) is 1. The molecule has 7 heteroatoms. The lowest BCUT2D eigenvalue weighted by Gasteiger charge is -2.14. The molecule has 0 heterocycles. The van der Waals surface area contributed by atoms with Gasteiger partial charge in [-0.1, -0.05) is 20.3 Å². The van der Waals surface area contributed by atoms with Crippen molar-refractivity contribution < 1.29 is 17.9 Å². The Morgan fingerprint density at radius 2 is 1.90 bits per heavy atom. The van der Waals surface area contributed by atoms with Gasteiger partial charge in [0.2, 0.25) is 15.9 Å². The molecule has 1 aromatic rings. The van der Waals surface area contributed by atoms with E-state index in [0.717, 1.165) is 12.8 Å². The molecular weight excluding hydrogens is 292 g/mol. The fraction of sp³-hybridized carbons (Fsp3) is 0.500. The molecule has 1 amide bonds. The first-order valence-electron chi connectivity index (χ1n) is 6.95. The SMILES string of the molecule is CCCCOc1ccc(S(=O)(=O)N[C@@H](CC)C(N)=O)cc1. The molecule has 1 aromatic carbocycles. The molecule has 0 fully saturated rings. The molecule has 0 unspecified atom stereocenters. The highest BCUT2D eigenvalue weighted by Gasteiger charge is 2.22. The van der Waals surface area contributed by atoms with Gasteiger partial charge in [0, 0.05) is 0 Å². The van der Waals surface area contributed by atoms with E-state index < -0.39 is 22.0 Å².